The molecule has 0 amide bonds. The van der Waals surface area contributed by atoms with Crippen LogP contribution in [0.15, 0.2) is 23.1 Å². The highest BCUT2D eigenvalue weighted by molar-refractivity contribution is 7.89. The zero-order chi connectivity index (χ0) is 15.8. The highest BCUT2D eigenvalue weighted by Gasteiger charge is 2.37. The van der Waals surface area contributed by atoms with Crippen molar-refractivity contribution in [3.63, 3.8) is 0 Å². The molecule has 1 aliphatic rings. The van der Waals surface area contributed by atoms with E-state index in [4.69, 9.17) is 0 Å². The van der Waals surface area contributed by atoms with Gasteiger partial charge in [0, 0.05) is 13.1 Å². The predicted octanol–water partition coefficient (Wildman–Crippen LogP) is 1.60. The maximum absolute atomic E-state index is 12.6. The Balaban J connectivity index is 2.40. The summed E-state index contributed by atoms with van der Waals surface area (Å²) in [4.78, 5) is 11.5. The number of carbonyl (C=O) groups excluding carboxylic acids is 1. The van der Waals surface area contributed by atoms with Gasteiger partial charge in [0.2, 0.25) is 10.0 Å². The molecule has 21 heavy (non-hydrogen) atoms. The molecule has 1 fully saturated rings. The van der Waals surface area contributed by atoms with Crippen molar-refractivity contribution in [3.8, 4) is 5.75 Å². The number of phenols is 1. The average Bonchev–Trinajstić information content (AvgIpc) is 2.79. The Morgan fingerprint density at radius 3 is 2.57 bits per heavy atom. The lowest BCUT2D eigenvalue weighted by atomic mass is 9.93. The smallest absolute Gasteiger partial charge is 0.341 e. The highest BCUT2D eigenvalue weighted by Crippen LogP contribution is 2.33. The van der Waals surface area contributed by atoms with Crippen molar-refractivity contribution < 1.29 is 23.1 Å². The SMILES string of the molecule is COC(=O)c1cc(S(=O)(=O)N2CCC(C)(C)C2)ccc1O. The number of phenolic OH excluding ortho intramolecular Hbond substituents is 1. The normalized spacial score (nSPS) is 18.6. The van der Waals surface area contributed by atoms with E-state index in [1.807, 2.05) is 13.8 Å². The minimum absolute atomic E-state index is 0.0154. The zero-order valence-corrected chi connectivity index (χ0v) is 13.1. The third-order valence-electron chi connectivity index (χ3n) is 3.65. The number of hydrogen-bond acceptors (Lipinski definition) is 5. The molecule has 7 heteroatoms. The number of nitrogens with zero attached hydrogens (tertiary/aromatic N) is 1. The molecule has 1 heterocycles. The second-order valence-corrected chi connectivity index (χ2v) is 7.86. The van der Waals surface area contributed by atoms with Gasteiger partial charge in [0.15, 0.2) is 0 Å². The number of benzene rings is 1. The standard InChI is InChI=1S/C14H19NO5S/c1-14(2)6-7-15(9-14)21(18,19)10-4-5-12(16)11(8-10)13(17)20-3/h4-5,8,16H,6-7,9H2,1-3H3. The molecule has 1 aromatic rings. The van der Waals surface area contributed by atoms with Crippen molar-refractivity contribution in [1.82, 2.24) is 4.31 Å². The first-order chi connectivity index (χ1) is 9.67. The molecule has 0 aliphatic carbocycles. The average molecular weight is 313 g/mol. The van der Waals surface area contributed by atoms with Gasteiger partial charge >= 0.3 is 5.97 Å². The third-order valence-corrected chi connectivity index (χ3v) is 5.49. The van der Waals surface area contributed by atoms with Crippen molar-refractivity contribution in [1.29, 1.82) is 0 Å². The van der Waals surface area contributed by atoms with E-state index < -0.39 is 16.0 Å². The van der Waals surface area contributed by atoms with Gasteiger partial charge in [0.05, 0.1) is 12.0 Å². The van der Waals surface area contributed by atoms with Gasteiger partial charge in [-0.3, -0.25) is 0 Å². The second kappa shape index (κ2) is 5.31. The second-order valence-electron chi connectivity index (χ2n) is 5.92. The maximum atomic E-state index is 12.6. The van der Waals surface area contributed by atoms with Crippen LogP contribution in [-0.4, -0.2) is 44.0 Å². The first-order valence-corrected chi connectivity index (χ1v) is 8.03. The van der Waals surface area contributed by atoms with Crippen LogP contribution >= 0.6 is 0 Å². The Kier molecular flexibility index (Phi) is 3.99. The summed E-state index contributed by atoms with van der Waals surface area (Å²) in [5.74, 6) is -1.08. The summed E-state index contributed by atoms with van der Waals surface area (Å²) < 4.78 is 31.1. The fraction of sp³-hybridized carbons (Fsp3) is 0.500. The van der Waals surface area contributed by atoms with Crippen molar-refractivity contribution in [2.24, 2.45) is 5.41 Å². The fourth-order valence-corrected chi connectivity index (χ4v) is 4.02. The Hall–Kier alpha value is -1.60. The van der Waals surface area contributed by atoms with Crippen molar-refractivity contribution in [3.05, 3.63) is 23.8 Å². The molecule has 0 saturated carbocycles. The molecule has 0 spiro atoms. The predicted molar refractivity (Wildman–Crippen MR) is 76.6 cm³/mol. The highest BCUT2D eigenvalue weighted by atomic mass is 32.2. The van der Waals surface area contributed by atoms with Gasteiger partial charge in [-0.1, -0.05) is 13.8 Å². The Labute approximate surface area is 124 Å². The molecule has 0 atom stereocenters. The molecule has 1 saturated heterocycles. The van der Waals surface area contributed by atoms with Crippen LogP contribution in [0.25, 0.3) is 0 Å². The summed E-state index contributed by atoms with van der Waals surface area (Å²) in [5.41, 5.74) is -0.216. The fourth-order valence-electron chi connectivity index (χ4n) is 2.37. The molecule has 0 aromatic heterocycles. The first kappa shape index (κ1) is 15.8. The largest absolute Gasteiger partial charge is 0.507 e. The van der Waals surface area contributed by atoms with Crippen LogP contribution in [0, 0.1) is 5.41 Å². The van der Waals surface area contributed by atoms with Crippen molar-refractivity contribution in [2.45, 2.75) is 25.2 Å². The number of sulfonamides is 1. The number of esters is 1. The Morgan fingerprint density at radius 2 is 2.05 bits per heavy atom. The molecule has 1 N–H and O–H groups in total. The zero-order valence-electron chi connectivity index (χ0n) is 12.3. The van der Waals surface area contributed by atoms with E-state index in [1.54, 1.807) is 0 Å². The Bertz CT molecular complexity index is 666. The lowest BCUT2D eigenvalue weighted by Crippen LogP contribution is -2.30. The first-order valence-electron chi connectivity index (χ1n) is 6.59. The van der Waals surface area contributed by atoms with Gasteiger partial charge in [-0.2, -0.15) is 4.31 Å². The summed E-state index contributed by atoms with van der Waals surface area (Å²) in [6.45, 7) is 4.91. The number of rotatable bonds is 3. The Morgan fingerprint density at radius 1 is 1.38 bits per heavy atom. The molecule has 1 aliphatic heterocycles. The van der Waals surface area contributed by atoms with E-state index in [9.17, 15) is 18.3 Å². The molecule has 0 bridgehead atoms. The molecule has 1 aromatic carbocycles. The molecule has 0 radical (unpaired) electrons. The lowest BCUT2D eigenvalue weighted by Gasteiger charge is -2.20. The van der Waals surface area contributed by atoms with E-state index in [0.717, 1.165) is 12.5 Å². The number of aromatic hydroxyl groups is 1. The summed E-state index contributed by atoms with van der Waals surface area (Å²) in [7, 11) is -2.50. The van der Waals surface area contributed by atoms with Crippen molar-refractivity contribution in [2.75, 3.05) is 20.2 Å². The van der Waals surface area contributed by atoms with Gasteiger partial charge in [0.1, 0.15) is 11.3 Å². The van der Waals surface area contributed by atoms with E-state index in [-0.39, 0.29) is 21.6 Å². The van der Waals surface area contributed by atoms with E-state index in [2.05, 4.69) is 4.74 Å². The topological polar surface area (TPSA) is 83.9 Å². The number of ether oxygens (including phenoxy) is 1. The molecule has 116 valence electrons. The van der Waals surface area contributed by atoms with Crippen molar-refractivity contribution >= 4 is 16.0 Å². The van der Waals surface area contributed by atoms with Crippen LogP contribution in [0.1, 0.15) is 30.6 Å². The molecular formula is C14H19NO5S. The molecule has 0 unspecified atom stereocenters. The van der Waals surface area contributed by atoms with Gasteiger partial charge in [-0.05, 0) is 30.0 Å². The number of methoxy groups -OCH3 is 1. The maximum Gasteiger partial charge on any atom is 0.341 e. The third kappa shape index (κ3) is 3.03. The summed E-state index contributed by atoms with van der Waals surface area (Å²) in [5, 5.41) is 9.64. The monoisotopic (exact) mass is 313 g/mol. The van der Waals surface area contributed by atoms with Crippen LogP contribution in [0.4, 0.5) is 0 Å². The minimum Gasteiger partial charge on any atom is -0.507 e. The van der Waals surface area contributed by atoms with E-state index in [1.165, 1.54) is 23.5 Å². The van der Waals surface area contributed by atoms with E-state index >= 15 is 0 Å². The van der Waals surface area contributed by atoms with Crippen LogP contribution in [0.3, 0.4) is 0 Å². The summed E-state index contributed by atoms with van der Waals surface area (Å²) in [6.07, 6.45) is 0.786. The quantitative estimate of drug-likeness (QED) is 0.857. The molecular weight excluding hydrogens is 294 g/mol. The van der Waals surface area contributed by atoms with Crippen LogP contribution in [0.5, 0.6) is 5.75 Å². The lowest BCUT2D eigenvalue weighted by molar-refractivity contribution is 0.0597. The summed E-state index contributed by atoms with van der Waals surface area (Å²) in [6, 6.07) is 3.64. The van der Waals surface area contributed by atoms with Gasteiger partial charge < -0.3 is 9.84 Å². The number of hydrogen-bond donors (Lipinski definition) is 1. The van der Waals surface area contributed by atoms with Gasteiger partial charge in [-0.25, -0.2) is 13.2 Å². The summed E-state index contributed by atoms with van der Waals surface area (Å²) >= 11 is 0. The van der Waals surface area contributed by atoms with Crippen LogP contribution in [0.2, 0.25) is 0 Å². The molecule has 6 nitrogen and oxygen atoms in total. The van der Waals surface area contributed by atoms with Gasteiger partial charge in [0.25, 0.3) is 0 Å². The van der Waals surface area contributed by atoms with Crippen LogP contribution in [-0.2, 0) is 14.8 Å². The van der Waals surface area contributed by atoms with E-state index in [0.29, 0.717) is 13.1 Å². The van der Waals surface area contributed by atoms with Gasteiger partial charge in [-0.15, -0.1) is 0 Å². The van der Waals surface area contributed by atoms with Crippen LogP contribution < -0.4 is 0 Å². The minimum atomic E-state index is -3.68. The number of carbonyl (C=O) groups is 1. The molecule has 2 rings (SSSR count).